The van der Waals surface area contributed by atoms with E-state index in [1.165, 1.54) is 12.8 Å². The summed E-state index contributed by atoms with van der Waals surface area (Å²) in [5, 5.41) is 2.16. The van der Waals surface area contributed by atoms with E-state index in [1.54, 1.807) is 4.88 Å². The van der Waals surface area contributed by atoms with Crippen molar-refractivity contribution in [3.63, 3.8) is 0 Å². The van der Waals surface area contributed by atoms with Crippen LogP contribution in [0.15, 0.2) is 17.5 Å². The van der Waals surface area contributed by atoms with Crippen LogP contribution in [0.5, 0.6) is 0 Å². The highest BCUT2D eigenvalue weighted by Gasteiger charge is 2.05. The van der Waals surface area contributed by atoms with Crippen molar-refractivity contribution in [2.24, 2.45) is 0 Å². The van der Waals surface area contributed by atoms with Crippen LogP contribution in [0.2, 0.25) is 0 Å². The van der Waals surface area contributed by atoms with Gasteiger partial charge in [-0.05, 0) is 30.2 Å². The molecule has 1 heterocycles. The summed E-state index contributed by atoms with van der Waals surface area (Å²) in [5.41, 5.74) is 0. The lowest BCUT2D eigenvalue weighted by molar-refractivity contribution is 0.653. The minimum atomic E-state index is 0.806. The second-order valence-corrected chi connectivity index (χ2v) is 3.51. The van der Waals surface area contributed by atoms with Gasteiger partial charge in [-0.2, -0.15) is 0 Å². The molecule has 0 radical (unpaired) electrons. The van der Waals surface area contributed by atoms with Gasteiger partial charge in [-0.3, -0.25) is 0 Å². The first kappa shape index (κ1) is 7.80. The Kier molecular flexibility index (Phi) is 2.94. The predicted molar refractivity (Wildman–Crippen MR) is 47.6 cm³/mol. The molecule has 0 fully saturated rings. The van der Waals surface area contributed by atoms with Crippen molar-refractivity contribution in [1.82, 2.24) is 0 Å². The molecular weight excluding hydrogens is 140 g/mol. The highest BCUT2D eigenvalue weighted by atomic mass is 32.1. The van der Waals surface area contributed by atoms with Crippen LogP contribution in [0.1, 0.15) is 37.5 Å². The molecule has 0 aliphatic carbocycles. The molecule has 1 aromatic heterocycles. The molecule has 1 heteroatoms. The van der Waals surface area contributed by atoms with Crippen LogP contribution in [-0.4, -0.2) is 0 Å². The zero-order valence-electron chi connectivity index (χ0n) is 6.63. The largest absolute Gasteiger partial charge is 0.149 e. The van der Waals surface area contributed by atoms with Crippen LogP contribution in [0.3, 0.4) is 0 Å². The van der Waals surface area contributed by atoms with Gasteiger partial charge in [0.05, 0.1) is 0 Å². The molecule has 56 valence electrons. The van der Waals surface area contributed by atoms with E-state index >= 15 is 0 Å². The van der Waals surface area contributed by atoms with Gasteiger partial charge in [-0.25, -0.2) is 0 Å². The Labute approximate surface area is 66.9 Å². The van der Waals surface area contributed by atoms with E-state index in [2.05, 4.69) is 31.4 Å². The third-order valence-corrected chi connectivity index (χ3v) is 2.97. The van der Waals surface area contributed by atoms with Gasteiger partial charge in [0.15, 0.2) is 0 Å². The van der Waals surface area contributed by atoms with Gasteiger partial charge < -0.3 is 0 Å². The summed E-state index contributed by atoms with van der Waals surface area (Å²) in [6, 6.07) is 4.38. The molecule has 1 aromatic rings. The summed E-state index contributed by atoms with van der Waals surface area (Å²) >= 11 is 1.88. The Bertz CT molecular complexity index is 161. The molecule has 0 unspecified atom stereocenters. The first-order valence-corrected chi connectivity index (χ1v) is 4.79. The van der Waals surface area contributed by atoms with Gasteiger partial charge >= 0.3 is 0 Å². The molecule has 0 bridgehead atoms. The van der Waals surface area contributed by atoms with E-state index < -0.39 is 0 Å². The van der Waals surface area contributed by atoms with E-state index in [4.69, 9.17) is 0 Å². The number of hydrogen-bond donors (Lipinski definition) is 0. The van der Waals surface area contributed by atoms with Crippen molar-refractivity contribution in [1.29, 1.82) is 0 Å². The fourth-order valence-corrected chi connectivity index (χ4v) is 2.21. The van der Waals surface area contributed by atoms with E-state index in [0.29, 0.717) is 0 Å². The zero-order valence-corrected chi connectivity index (χ0v) is 7.45. The maximum Gasteiger partial charge on any atom is 0.00759 e. The molecule has 0 nitrogen and oxygen atoms in total. The van der Waals surface area contributed by atoms with Crippen molar-refractivity contribution in [3.05, 3.63) is 22.4 Å². The SMILES string of the molecule is CCC(CC)c1cccs1. The quantitative estimate of drug-likeness (QED) is 0.623. The molecule has 0 aromatic carbocycles. The van der Waals surface area contributed by atoms with Gasteiger partial charge in [0, 0.05) is 4.88 Å². The van der Waals surface area contributed by atoms with Gasteiger partial charge in [0.1, 0.15) is 0 Å². The van der Waals surface area contributed by atoms with E-state index in [9.17, 15) is 0 Å². The topological polar surface area (TPSA) is 0 Å². The van der Waals surface area contributed by atoms with E-state index in [0.717, 1.165) is 5.92 Å². The van der Waals surface area contributed by atoms with Crippen LogP contribution >= 0.6 is 11.3 Å². The average Bonchev–Trinajstić information content (AvgIpc) is 2.43. The molecule has 0 spiro atoms. The molecule has 0 N–H and O–H groups in total. The molecule has 0 amide bonds. The summed E-state index contributed by atoms with van der Waals surface area (Å²) in [7, 11) is 0. The lowest BCUT2D eigenvalue weighted by Crippen LogP contribution is -1.90. The van der Waals surface area contributed by atoms with Crippen molar-refractivity contribution in [2.75, 3.05) is 0 Å². The lowest BCUT2D eigenvalue weighted by Gasteiger charge is -2.07. The van der Waals surface area contributed by atoms with Crippen molar-refractivity contribution >= 4 is 11.3 Å². The Morgan fingerprint density at radius 3 is 2.50 bits per heavy atom. The van der Waals surface area contributed by atoms with Crippen LogP contribution in [0, 0.1) is 0 Å². The standard InChI is InChI=1S/C9H14S/c1-3-8(4-2)9-6-5-7-10-9/h5-8H,3-4H2,1-2H3. The smallest absolute Gasteiger partial charge is 0.00759 e. The van der Waals surface area contributed by atoms with Gasteiger partial charge in [-0.15, -0.1) is 11.3 Å². The summed E-state index contributed by atoms with van der Waals surface area (Å²) in [6.07, 6.45) is 2.55. The summed E-state index contributed by atoms with van der Waals surface area (Å²) in [5.74, 6) is 0.806. The molecule has 0 atom stereocenters. The predicted octanol–water partition coefficient (Wildman–Crippen LogP) is 3.65. The second-order valence-electron chi connectivity index (χ2n) is 2.53. The average molecular weight is 154 g/mol. The third-order valence-electron chi connectivity index (χ3n) is 1.93. The first-order chi connectivity index (χ1) is 4.88. The van der Waals surface area contributed by atoms with Gasteiger partial charge in [0.25, 0.3) is 0 Å². The number of hydrogen-bond acceptors (Lipinski definition) is 1. The Morgan fingerprint density at radius 1 is 1.40 bits per heavy atom. The molecule has 0 aliphatic rings. The summed E-state index contributed by atoms with van der Waals surface area (Å²) in [6.45, 7) is 4.52. The highest BCUT2D eigenvalue weighted by molar-refractivity contribution is 7.10. The first-order valence-electron chi connectivity index (χ1n) is 3.91. The van der Waals surface area contributed by atoms with Crippen molar-refractivity contribution in [2.45, 2.75) is 32.6 Å². The van der Waals surface area contributed by atoms with Crippen LogP contribution < -0.4 is 0 Å². The third kappa shape index (κ3) is 1.60. The lowest BCUT2D eigenvalue weighted by atomic mass is 10.0. The minimum Gasteiger partial charge on any atom is -0.149 e. The zero-order chi connectivity index (χ0) is 7.40. The van der Waals surface area contributed by atoms with Crippen LogP contribution in [0.25, 0.3) is 0 Å². The maximum absolute atomic E-state index is 2.26. The van der Waals surface area contributed by atoms with Gasteiger partial charge in [-0.1, -0.05) is 19.9 Å². The molecule has 0 saturated heterocycles. The molecule has 0 saturated carbocycles. The van der Waals surface area contributed by atoms with E-state index in [-0.39, 0.29) is 0 Å². The second kappa shape index (κ2) is 3.77. The van der Waals surface area contributed by atoms with Gasteiger partial charge in [0.2, 0.25) is 0 Å². The monoisotopic (exact) mass is 154 g/mol. The van der Waals surface area contributed by atoms with Crippen molar-refractivity contribution < 1.29 is 0 Å². The normalized spacial score (nSPS) is 10.7. The Morgan fingerprint density at radius 2 is 2.10 bits per heavy atom. The Balaban J connectivity index is 2.64. The van der Waals surface area contributed by atoms with E-state index in [1.807, 2.05) is 11.3 Å². The molecule has 0 aliphatic heterocycles. The number of thiophene rings is 1. The fraction of sp³-hybridized carbons (Fsp3) is 0.556. The van der Waals surface area contributed by atoms with Crippen LogP contribution in [-0.2, 0) is 0 Å². The van der Waals surface area contributed by atoms with Crippen LogP contribution in [0.4, 0.5) is 0 Å². The maximum atomic E-state index is 2.26. The fourth-order valence-electron chi connectivity index (χ4n) is 1.21. The Hall–Kier alpha value is -0.300. The minimum absolute atomic E-state index is 0.806. The molecular formula is C9H14S. The summed E-state index contributed by atoms with van der Waals surface area (Å²) < 4.78 is 0. The van der Waals surface area contributed by atoms with Crippen molar-refractivity contribution in [3.8, 4) is 0 Å². The molecule has 1 rings (SSSR count). The molecule has 10 heavy (non-hydrogen) atoms. The number of rotatable bonds is 3. The highest BCUT2D eigenvalue weighted by Crippen LogP contribution is 2.26. The summed E-state index contributed by atoms with van der Waals surface area (Å²) in [4.78, 5) is 1.55.